The summed E-state index contributed by atoms with van der Waals surface area (Å²) in [5, 5.41) is 0. The minimum atomic E-state index is 0.122. The molecule has 0 saturated carbocycles. The number of allylic oxidation sites excluding steroid dienone is 3. The molecule has 1 rings (SSSR count). The smallest absolute Gasteiger partial charge is 0.219 e. The molecule has 0 radical (unpaired) electrons. The molecular weight excluding hydrogens is 198 g/mol. The minimum Gasteiger partial charge on any atom is -0.342 e. The lowest BCUT2D eigenvalue weighted by Gasteiger charge is -2.24. The Labute approximate surface area is 99.0 Å². The van der Waals surface area contributed by atoms with Crippen molar-refractivity contribution in [2.45, 2.75) is 33.6 Å². The van der Waals surface area contributed by atoms with Gasteiger partial charge in [-0.2, -0.15) is 0 Å². The molecule has 0 heterocycles. The van der Waals surface area contributed by atoms with Crippen LogP contribution in [0.5, 0.6) is 0 Å². The molecule has 0 aromatic rings. The Morgan fingerprint density at radius 3 is 2.88 bits per heavy atom. The maximum Gasteiger partial charge on any atom is 0.219 e. The van der Waals surface area contributed by atoms with E-state index < -0.39 is 0 Å². The highest BCUT2D eigenvalue weighted by Gasteiger charge is 2.16. The number of nitrogens with zero attached hydrogens (tertiary/aromatic N) is 1. The van der Waals surface area contributed by atoms with Crippen molar-refractivity contribution in [3.05, 3.63) is 23.8 Å². The first-order chi connectivity index (χ1) is 7.50. The van der Waals surface area contributed by atoms with E-state index in [9.17, 15) is 4.79 Å². The standard InChI is InChI=1S/C14H23NO/c1-11-7-8-14(12(2)10-11)6-5-9-15(4)13(3)16/h5-6,10,12,14H,7-9H2,1-4H3. The first kappa shape index (κ1) is 13.0. The molecule has 0 saturated heterocycles. The van der Waals surface area contributed by atoms with Gasteiger partial charge in [-0.1, -0.05) is 30.7 Å². The van der Waals surface area contributed by atoms with Crippen LogP contribution in [0.15, 0.2) is 23.8 Å². The number of likely N-dealkylation sites (N-methyl/N-ethyl adjacent to an activating group) is 1. The Balaban J connectivity index is 2.43. The number of carbonyl (C=O) groups excluding carboxylic acids is 1. The fourth-order valence-corrected chi connectivity index (χ4v) is 2.11. The van der Waals surface area contributed by atoms with E-state index >= 15 is 0 Å². The van der Waals surface area contributed by atoms with Crippen LogP contribution in [0, 0.1) is 11.8 Å². The fourth-order valence-electron chi connectivity index (χ4n) is 2.11. The van der Waals surface area contributed by atoms with Gasteiger partial charge < -0.3 is 4.90 Å². The molecule has 0 aromatic heterocycles. The van der Waals surface area contributed by atoms with Gasteiger partial charge in [-0.15, -0.1) is 0 Å². The van der Waals surface area contributed by atoms with Crippen LogP contribution in [0.1, 0.15) is 33.6 Å². The van der Waals surface area contributed by atoms with Gasteiger partial charge in [-0.3, -0.25) is 4.79 Å². The Morgan fingerprint density at radius 2 is 2.31 bits per heavy atom. The third-order valence-electron chi connectivity index (χ3n) is 3.39. The molecule has 16 heavy (non-hydrogen) atoms. The quantitative estimate of drug-likeness (QED) is 0.671. The molecule has 90 valence electrons. The van der Waals surface area contributed by atoms with Crippen LogP contribution in [0.25, 0.3) is 0 Å². The molecule has 2 heteroatoms. The van der Waals surface area contributed by atoms with Gasteiger partial charge in [0, 0.05) is 20.5 Å². The Hall–Kier alpha value is -1.05. The van der Waals surface area contributed by atoms with E-state index in [1.165, 1.54) is 18.4 Å². The average molecular weight is 221 g/mol. The molecule has 1 amide bonds. The first-order valence-corrected chi connectivity index (χ1v) is 6.06. The van der Waals surface area contributed by atoms with E-state index in [1.807, 2.05) is 7.05 Å². The third-order valence-corrected chi connectivity index (χ3v) is 3.39. The molecule has 0 spiro atoms. The zero-order valence-corrected chi connectivity index (χ0v) is 10.9. The second-order valence-corrected chi connectivity index (χ2v) is 4.90. The van der Waals surface area contributed by atoms with Crippen molar-refractivity contribution >= 4 is 5.91 Å². The van der Waals surface area contributed by atoms with E-state index in [2.05, 4.69) is 32.1 Å². The minimum absolute atomic E-state index is 0.122. The van der Waals surface area contributed by atoms with Crippen molar-refractivity contribution in [1.82, 2.24) is 4.90 Å². The molecule has 0 aliphatic heterocycles. The van der Waals surface area contributed by atoms with Gasteiger partial charge in [0.2, 0.25) is 5.91 Å². The average Bonchev–Trinajstić information content (AvgIpc) is 2.20. The summed E-state index contributed by atoms with van der Waals surface area (Å²) >= 11 is 0. The molecule has 1 aliphatic carbocycles. The maximum absolute atomic E-state index is 11.0. The predicted octanol–water partition coefficient (Wildman–Crippen LogP) is 3.01. The normalized spacial score (nSPS) is 25.6. The highest BCUT2D eigenvalue weighted by Crippen LogP contribution is 2.29. The van der Waals surface area contributed by atoms with Crippen LogP contribution in [-0.2, 0) is 4.79 Å². The van der Waals surface area contributed by atoms with E-state index in [1.54, 1.807) is 11.8 Å². The SMILES string of the molecule is CC(=O)N(C)CC=CC1CCC(C)=CC1C. The summed E-state index contributed by atoms with van der Waals surface area (Å²) in [7, 11) is 1.83. The lowest BCUT2D eigenvalue weighted by Crippen LogP contribution is -2.23. The molecular formula is C14H23NO. The summed E-state index contributed by atoms with van der Waals surface area (Å²) in [4.78, 5) is 12.7. The van der Waals surface area contributed by atoms with Crippen LogP contribution in [-0.4, -0.2) is 24.4 Å². The summed E-state index contributed by atoms with van der Waals surface area (Å²) in [6.45, 7) is 6.80. The number of carbonyl (C=O) groups is 1. The molecule has 2 unspecified atom stereocenters. The lowest BCUT2D eigenvalue weighted by molar-refractivity contribution is -0.127. The van der Waals surface area contributed by atoms with Crippen molar-refractivity contribution < 1.29 is 4.79 Å². The van der Waals surface area contributed by atoms with E-state index in [0.29, 0.717) is 11.8 Å². The highest BCUT2D eigenvalue weighted by molar-refractivity contribution is 5.72. The molecule has 0 aromatic carbocycles. The molecule has 0 fully saturated rings. The van der Waals surface area contributed by atoms with Crippen molar-refractivity contribution in [3.8, 4) is 0 Å². The largest absolute Gasteiger partial charge is 0.342 e. The van der Waals surface area contributed by atoms with Gasteiger partial charge in [-0.05, 0) is 31.6 Å². The van der Waals surface area contributed by atoms with E-state index in [0.717, 1.165) is 6.54 Å². The Bertz CT molecular complexity index is 304. The van der Waals surface area contributed by atoms with E-state index in [4.69, 9.17) is 0 Å². The van der Waals surface area contributed by atoms with Crippen molar-refractivity contribution in [3.63, 3.8) is 0 Å². The number of amides is 1. The summed E-state index contributed by atoms with van der Waals surface area (Å²) in [5.41, 5.74) is 1.51. The topological polar surface area (TPSA) is 20.3 Å². The zero-order chi connectivity index (χ0) is 12.1. The van der Waals surface area contributed by atoms with Crippen molar-refractivity contribution in [1.29, 1.82) is 0 Å². The van der Waals surface area contributed by atoms with Gasteiger partial charge in [0.1, 0.15) is 0 Å². The Morgan fingerprint density at radius 1 is 1.62 bits per heavy atom. The van der Waals surface area contributed by atoms with E-state index in [-0.39, 0.29) is 5.91 Å². The van der Waals surface area contributed by atoms with Crippen LogP contribution in [0.3, 0.4) is 0 Å². The number of hydrogen-bond donors (Lipinski definition) is 0. The van der Waals surface area contributed by atoms with Gasteiger partial charge in [0.25, 0.3) is 0 Å². The highest BCUT2D eigenvalue weighted by atomic mass is 16.2. The van der Waals surface area contributed by atoms with Crippen molar-refractivity contribution in [2.24, 2.45) is 11.8 Å². The van der Waals surface area contributed by atoms with Crippen LogP contribution in [0.2, 0.25) is 0 Å². The second-order valence-electron chi connectivity index (χ2n) is 4.90. The van der Waals surface area contributed by atoms with Crippen LogP contribution in [0.4, 0.5) is 0 Å². The second kappa shape index (κ2) is 5.88. The summed E-state index contributed by atoms with van der Waals surface area (Å²) in [5.74, 6) is 1.40. The molecule has 1 aliphatic rings. The predicted molar refractivity (Wildman–Crippen MR) is 68.1 cm³/mol. The summed E-state index contributed by atoms with van der Waals surface area (Å²) in [6.07, 6.45) is 9.21. The lowest BCUT2D eigenvalue weighted by atomic mass is 9.82. The first-order valence-electron chi connectivity index (χ1n) is 6.06. The third kappa shape index (κ3) is 3.84. The van der Waals surface area contributed by atoms with Gasteiger partial charge in [0.05, 0.1) is 0 Å². The van der Waals surface area contributed by atoms with Crippen LogP contribution >= 0.6 is 0 Å². The zero-order valence-electron chi connectivity index (χ0n) is 10.9. The number of rotatable bonds is 3. The van der Waals surface area contributed by atoms with Crippen LogP contribution < -0.4 is 0 Å². The fraction of sp³-hybridized carbons (Fsp3) is 0.643. The Kier molecular flexibility index (Phi) is 4.78. The van der Waals surface area contributed by atoms with Gasteiger partial charge in [0.15, 0.2) is 0 Å². The molecule has 2 atom stereocenters. The maximum atomic E-state index is 11.0. The molecule has 2 nitrogen and oxygen atoms in total. The van der Waals surface area contributed by atoms with Gasteiger partial charge in [-0.25, -0.2) is 0 Å². The van der Waals surface area contributed by atoms with Gasteiger partial charge >= 0.3 is 0 Å². The number of hydrogen-bond acceptors (Lipinski definition) is 1. The van der Waals surface area contributed by atoms with Crippen molar-refractivity contribution in [2.75, 3.05) is 13.6 Å². The summed E-state index contributed by atoms with van der Waals surface area (Å²) in [6, 6.07) is 0. The monoisotopic (exact) mass is 221 g/mol. The summed E-state index contributed by atoms with van der Waals surface area (Å²) < 4.78 is 0. The molecule has 0 bridgehead atoms. The molecule has 0 N–H and O–H groups in total.